The first-order valence-corrected chi connectivity index (χ1v) is 24.8. The summed E-state index contributed by atoms with van der Waals surface area (Å²) in [5.74, 6) is -3.34. The number of carbonyl (C=O) groups excluding carboxylic acids is 1. The molecule has 6 N–H and O–H groups in total. The predicted octanol–water partition coefficient (Wildman–Crippen LogP) is 3.83. The highest BCUT2D eigenvalue weighted by Crippen LogP contribution is 2.45. The molecule has 370 valence electrons. The van der Waals surface area contributed by atoms with Crippen molar-refractivity contribution in [2.75, 3.05) is 40.8 Å². The van der Waals surface area contributed by atoms with Crippen molar-refractivity contribution in [1.29, 1.82) is 0 Å². The van der Waals surface area contributed by atoms with Gasteiger partial charge in [-0.2, -0.15) is 0 Å². The lowest BCUT2D eigenvalue weighted by Gasteiger charge is -2.51. The number of hydrogen-bond acceptors (Lipinski definition) is 15. The van der Waals surface area contributed by atoms with Crippen LogP contribution in [0.15, 0.2) is 23.1 Å². The van der Waals surface area contributed by atoms with Crippen molar-refractivity contribution in [3.8, 4) is 0 Å². The van der Waals surface area contributed by atoms with Crippen LogP contribution in [0.2, 0.25) is 10.0 Å². The molecule has 3 heterocycles. The second-order valence-corrected chi connectivity index (χ2v) is 22.3. The van der Waals surface area contributed by atoms with Crippen molar-refractivity contribution in [2.24, 2.45) is 23.7 Å². The summed E-state index contributed by atoms with van der Waals surface area (Å²) in [4.78, 5) is 18.2. The Morgan fingerprint density at radius 2 is 1.62 bits per heavy atom. The average Bonchev–Trinajstić information content (AvgIpc) is 3.21. The molecule has 1 aromatic carbocycles. The molecule has 18 atom stereocenters. The Balaban J connectivity index is 1.74. The van der Waals surface area contributed by atoms with E-state index in [2.05, 4.69) is 4.72 Å². The highest BCUT2D eigenvalue weighted by Gasteiger charge is 2.55. The monoisotopic (exact) mass is 969 g/mol. The summed E-state index contributed by atoms with van der Waals surface area (Å²) in [7, 11) is 1.15. The minimum absolute atomic E-state index is 0.00168. The summed E-state index contributed by atoms with van der Waals surface area (Å²) >= 11 is 12.1. The van der Waals surface area contributed by atoms with Gasteiger partial charge in [-0.15, -0.1) is 0 Å². The minimum Gasteiger partial charge on any atom is -0.459 e. The van der Waals surface area contributed by atoms with Crippen molar-refractivity contribution < 1.29 is 62.4 Å². The summed E-state index contributed by atoms with van der Waals surface area (Å²) in [6.07, 6.45) is -8.09. The highest BCUT2D eigenvalue weighted by atomic mass is 35.5. The number of aliphatic hydroxyl groups excluding tert-OH is 3. The van der Waals surface area contributed by atoms with E-state index in [1.165, 1.54) is 32.2 Å². The molecule has 0 aromatic heterocycles. The van der Waals surface area contributed by atoms with Crippen LogP contribution >= 0.6 is 23.2 Å². The number of esters is 1. The zero-order valence-corrected chi connectivity index (χ0v) is 42.2. The van der Waals surface area contributed by atoms with Gasteiger partial charge >= 0.3 is 5.97 Å². The Kier molecular flexibility index (Phi) is 19.0. The van der Waals surface area contributed by atoms with Crippen LogP contribution in [0, 0.1) is 23.7 Å². The number of nitrogens with zero attached hydrogens (tertiary/aromatic N) is 2. The summed E-state index contributed by atoms with van der Waals surface area (Å²) in [5.41, 5.74) is -4.56. The van der Waals surface area contributed by atoms with Gasteiger partial charge in [-0.3, -0.25) is 9.69 Å². The summed E-state index contributed by atoms with van der Waals surface area (Å²) < 4.78 is 60.6. The minimum atomic E-state index is -3.94. The Hall–Kier alpha value is -1.26. The van der Waals surface area contributed by atoms with Gasteiger partial charge in [-0.25, -0.2) is 13.1 Å². The topological polar surface area (TPSA) is 217 Å². The van der Waals surface area contributed by atoms with E-state index in [1.54, 1.807) is 48.6 Å². The molecule has 3 saturated heterocycles. The molecule has 0 saturated carbocycles. The molecule has 0 aliphatic carbocycles. The number of aliphatic hydroxyl groups is 5. The molecule has 3 fully saturated rings. The Morgan fingerprint density at radius 1 is 0.984 bits per heavy atom. The number of ether oxygens (including phenoxy) is 5. The number of rotatable bonds is 11. The van der Waals surface area contributed by atoms with E-state index in [1.807, 2.05) is 37.6 Å². The first-order valence-electron chi connectivity index (χ1n) is 22.6. The number of hydrogen-bond donors (Lipinski definition) is 6. The van der Waals surface area contributed by atoms with E-state index in [0.29, 0.717) is 13.0 Å². The fourth-order valence-corrected chi connectivity index (χ4v) is 11.9. The summed E-state index contributed by atoms with van der Waals surface area (Å²) in [6, 6.07) is 2.89. The maximum atomic E-state index is 14.5. The third-order valence-electron chi connectivity index (χ3n) is 14.4. The second-order valence-electron chi connectivity index (χ2n) is 19.7. The molecule has 1 aromatic rings. The molecular weight excluding hydrogens is 893 g/mol. The number of nitrogens with one attached hydrogen (secondary N) is 1. The van der Waals surface area contributed by atoms with Crippen LogP contribution in [0.5, 0.6) is 0 Å². The third-order valence-corrected chi connectivity index (χ3v) is 16.6. The number of methoxy groups -OCH3 is 1. The number of halogens is 2. The SMILES string of the molecule is CC[C@H]1OC(=O)[C@H](C)[C@@H](C2C[C@@](C)(OC)[C@@H](O)[C@H](C)O2)[C@H](C)[C@@H](O[C@@H]2O[C@H](C)C[C@H](N(C)CCNS(=O)(=O)c3ccc(Cl)c(Cl)c3)[C@H]2O)[C@](C)(O)C[C@@H](C)CN(C)[C@H](C)[C@@H](O)[C@]1(C)O. The average molecular weight is 971 g/mol. The molecule has 1 unspecified atom stereocenters. The Labute approximate surface area is 391 Å². The number of sulfonamides is 1. The zero-order chi connectivity index (χ0) is 48.4. The number of cyclic esters (lactones) is 1. The molecule has 19 heteroatoms. The van der Waals surface area contributed by atoms with Gasteiger partial charge in [-0.1, -0.05) is 50.9 Å². The maximum Gasteiger partial charge on any atom is 0.309 e. The van der Waals surface area contributed by atoms with Crippen LogP contribution in [-0.4, -0.2) is 175 Å². The molecule has 64 heavy (non-hydrogen) atoms. The predicted molar refractivity (Wildman–Crippen MR) is 243 cm³/mol. The van der Waals surface area contributed by atoms with Gasteiger partial charge in [-0.05, 0) is 105 Å². The largest absolute Gasteiger partial charge is 0.459 e. The fourth-order valence-electron chi connectivity index (χ4n) is 10.5. The van der Waals surface area contributed by atoms with Crippen LogP contribution < -0.4 is 4.72 Å². The molecule has 16 nitrogen and oxygen atoms in total. The smallest absolute Gasteiger partial charge is 0.309 e. The van der Waals surface area contributed by atoms with E-state index in [4.69, 9.17) is 46.9 Å². The van der Waals surface area contributed by atoms with Crippen molar-refractivity contribution in [3.63, 3.8) is 0 Å². The van der Waals surface area contributed by atoms with Gasteiger partial charge in [0.05, 0.1) is 56.5 Å². The lowest BCUT2D eigenvalue weighted by molar-refractivity contribution is -0.302. The van der Waals surface area contributed by atoms with Gasteiger partial charge in [0, 0.05) is 51.2 Å². The molecular formula is C45H77Cl2N3O13S. The standard InChI is InChI=1S/C45H77Cl2N3O13S/c1-14-35-45(10,56)38(52)28(6)50(12)23-24(2)21-43(8,55)40(26(4)36(27(5)41(54)62-35)34-22-44(9,59-13)39(53)29(7)61-34)63-42-37(51)33(19-25(3)60-42)49(11)18-17-48-64(57,58)30-15-16-31(46)32(47)20-30/h15-16,20,24-29,33-40,42,48,51-53,55-56H,14,17-19,21-23H2,1-13H3/t24-,25-,26+,27-,28-,29+,33+,34?,35-,36+,37-,38-,39+,40-,42+,43-,44-,45-/m1/s1. The van der Waals surface area contributed by atoms with Gasteiger partial charge in [0.25, 0.3) is 0 Å². The number of likely N-dealkylation sites (N-methyl/N-ethyl adjacent to an activating group) is 2. The summed E-state index contributed by atoms with van der Waals surface area (Å²) in [6.45, 7) is 18.2. The van der Waals surface area contributed by atoms with Crippen molar-refractivity contribution in [2.45, 2.75) is 184 Å². The molecule has 0 radical (unpaired) electrons. The number of carbonyl (C=O) groups is 1. The number of benzene rings is 1. The lowest BCUT2D eigenvalue weighted by atomic mass is 9.68. The van der Waals surface area contributed by atoms with E-state index in [9.17, 15) is 38.7 Å². The molecule has 0 amide bonds. The van der Waals surface area contributed by atoms with Crippen molar-refractivity contribution in [1.82, 2.24) is 14.5 Å². The van der Waals surface area contributed by atoms with Gasteiger partial charge in [0.15, 0.2) is 6.29 Å². The van der Waals surface area contributed by atoms with Crippen molar-refractivity contribution in [3.05, 3.63) is 28.2 Å². The first-order chi connectivity index (χ1) is 29.5. The van der Waals surface area contributed by atoms with Gasteiger partial charge in [0.2, 0.25) is 10.0 Å². The van der Waals surface area contributed by atoms with Crippen LogP contribution in [0.1, 0.15) is 94.9 Å². The molecule has 0 spiro atoms. The first kappa shape index (κ1) is 55.3. The van der Waals surface area contributed by atoms with E-state index < -0.39 is 118 Å². The van der Waals surface area contributed by atoms with Crippen LogP contribution in [0.4, 0.5) is 0 Å². The molecule has 4 rings (SSSR count). The van der Waals surface area contributed by atoms with Gasteiger partial charge < -0.3 is 54.1 Å². The van der Waals surface area contributed by atoms with E-state index in [-0.39, 0.29) is 53.2 Å². The lowest BCUT2D eigenvalue weighted by Crippen LogP contribution is -2.62. The highest BCUT2D eigenvalue weighted by molar-refractivity contribution is 7.89. The quantitative estimate of drug-likeness (QED) is 0.174. The van der Waals surface area contributed by atoms with Crippen molar-refractivity contribution >= 4 is 39.2 Å². The van der Waals surface area contributed by atoms with E-state index in [0.717, 1.165) is 0 Å². The normalized spacial score (nSPS) is 42.8. The van der Waals surface area contributed by atoms with Crippen LogP contribution in [0.25, 0.3) is 0 Å². The summed E-state index contributed by atoms with van der Waals surface area (Å²) in [5, 5.41) is 59.9. The van der Waals surface area contributed by atoms with E-state index >= 15 is 0 Å². The second kappa shape index (κ2) is 22.0. The van der Waals surface area contributed by atoms with Crippen LogP contribution in [-0.2, 0) is 38.5 Å². The Bertz CT molecular complexity index is 1810. The van der Waals surface area contributed by atoms with Gasteiger partial charge in [0.1, 0.15) is 30.0 Å². The maximum absolute atomic E-state index is 14.5. The molecule has 3 aliphatic heterocycles. The Morgan fingerprint density at radius 3 is 2.22 bits per heavy atom. The van der Waals surface area contributed by atoms with Crippen LogP contribution in [0.3, 0.4) is 0 Å². The molecule has 0 bridgehead atoms. The zero-order valence-electron chi connectivity index (χ0n) is 39.9. The molecule has 3 aliphatic rings. The fraction of sp³-hybridized carbons (Fsp3) is 0.844. The third kappa shape index (κ3) is 12.5.